The molecule has 1 heterocycles. The fraction of sp³-hybridized carbons (Fsp3) is 0.0714. The first-order valence-corrected chi connectivity index (χ1v) is 5.34. The predicted molar refractivity (Wildman–Crippen MR) is 66.4 cm³/mol. The number of aldehydes is 1. The highest BCUT2D eigenvalue weighted by Gasteiger charge is 2.06. The van der Waals surface area contributed by atoms with Crippen molar-refractivity contribution in [2.45, 2.75) is 0 Å². The van der Waals surface area contributed by atoms with Crippen molar-refractivity contribution >= 4 is 12.3 Å². The molecule has 0 aliphatic carbocycles. The second-order valence-corrected chi connectivity index (χ2v) is 3.66. The lowest BCUT2D eigenvalue weighted by molar-refractivity contribution is 0.0600. The van der Waals surface area contributed by atoms with Gasteiger partial charge in [0.15, 0.2) is 0 Å². The molecule has 0 aliphatic heterocycles. The molecule has 2 rings (SSSR count). The Kier molecular flexibility index (Phi) is 3.48. The lowest BCUT2D eigenvalue weighted by Gasteiger charge is -2.02. The zero-order valence-corrected chi connectivity index (χ0v) is 9.79. The smallest absolute Gasteiger partial charge is 0.339 e. The van der Waals surface area contributed by atoms with Crippen molar-refractivity contribution in [3.63, 3.8) is 0 Å². The van der Waals surface area contributed by atoms with Gasteiger partial charge >= 0.3 is 5.97 Å². The van der Waals surface area contributed by atoms with Gasteiger partial charge in [-0.05, 0) is 12.1 Å². The Morgan fingerprint density at radius 2 is 1.89 bits per heavy atom. The number of ether oxygens (including phenoxy) is 1. The largest absolute Gasteiger partial charge is 0.465 e. The van der Waals surface area contributed by atoms with Gasteiger partial charge in [-0.1, -0.05) is 24.3 Å². The van der Waals surface area contributed by atoms with Crippen LogP contribution in [0.15, 0.2) is 42.6 Å². The molecule has 0 radical (unpaired) electrons. The van der Waals surface area contributed by atoms with Crippen LogP contribution in [0.2, 0.25) is 0 Å². The molecular weight excluding hydrogens is 230 g/mol. The summed E-state index contributed by atoms with van der Waals surface area (Å²) in [7, 11) is 1.33. The van der Waals surface area contributed by atoms with Crippen LogP contribution in [-0.2, 0) is 4.74 Å². The summed E-state index contributed by atoms with van der Waals surface area (Å²) < 4.78 is 4.59. The molecule has 0 fully saturated rings. The van der Waals surface area contributed by atoms with E-state index in [1.807, 2.05) is 12.1 Å². The summed E-state index contributed by atoms with van der Waals surface area (Å²) in [4.78, 5) is 26.0. The topological polar surface area (TPSA) is 56.3 Å². The molecule has 0 unspecified atom stereocenters. The summed E-state index contributed by atoms with van der Waals surface area (Å²) in [5, 5.41) is 0. The highest BCUT2D eigenvalue weighted by Crippen LogP contribution is 2.17. The lowest BCUT2D eigenvalue weighted by Crippen LogP contribution is -2.01. The molecule has 90 valence electrons. The van der Waals surface area contributed by atoms with E-state index in [0.29, 0.717) is 11.1 Å². The summed E-state index contributed by atoms with van der Waals surface area (Å²) in [6, 6.07) is 10.5. The van der Waals surface area contributed by atoms with E-state index in [0.717, 1.165) is 17.5 Å². The number of methoxy groups -OCH3 is 1. The van der Waals surface area contributed by atoms with E-state index in [-0.39, 0.29) is 0 Å². The van der Waals surface area contributed by atoms with Crippen molar-refractivity contribution in [3.8, 4) is 11.3 Å². The van der Waals surface area contributed by atoms with Gasteiger partial charge in [-0.25, -0.2) is 4.79 Å². The summed E-state index contributed by atoms with van der Waals surface area (Å²) in [5.74, 6) is -0.412. The van der Waals surface area contributed by atoms with Crippen LogP contribution in [0.1, 0.15) is 20.7 Å². The molecule has 4 nitrogen and oxygen atoms in total. The first-order chi connectivity index (χ1) is 8.74. The number of esters is 1. The van der Waals surface area contributed by atoms with Crippen LogP contribution < -0.4 is 0 Å². The Hall–Kier alpha value is -2.49. The Morgan fingerprint density at radius 3 is 2.39 bits per heavy atom. The number of hydrogen-bond acceptors (Lipinski definition) is 4. The second kappa shape index (κ2) is 5.23. The van der Waals surface area contributed by atoms with Crippen LogP contribution in [0.5, 0.6) is 0 Å². The molecule has 0 N–H and O–H groups in total. The van der Waals surface area contributed by atoms with E-state index in [4.69, 9.17) is 0 Å². The van der Waals surface area contributed by atoms with Crippen molar-refractivity contribution in [2.24, 2.45) is 0 Å². The average Bonchev–Trinajstić information content (AvgIpc) is 2.47. The van der Waals surface area contributed by atoms with Crippen LogP contribution in [0.3, 0.4) is 0 Å². The molecule has 0 aliphatic rings. The van der Waals surface area contributed by atoms with Crippen LogP contribution in [0, 0.1) is 0 Å². The zero-order chi connectivity index (χ0) is 13.0. The molecule has 0 saturated heterocycles. The maximum Gasteiger partial charge on any atom is 0.339 e. The van der Waals surface area contributed by atoms with E-state index in [2.05, 4.69) is 9.72 Å². The van der Waals surface area contributed by atoms with Crippen LogP contribution in [-0.4, -0.2) is 24.3 Å². The number of carbonyl (C=O) groups is 2. The van der Waals surface area contributed by atoms with Gasteiger partial charge < -0.3 is 4.74 Å². The number of pyridine rings is 1. The van der Waals surface area contributed by atoms with E-state index < -0.39 is 5.97 Å². The van der Waals surface area contributed by atoms with E-state index >= 15 is 0 Å². The van der Waals surface area contributed by atoms with Crippen LogP contribution >= 0.6 is 0 Å². The number of nitrogens with zero attached hydrogens (tertiary/aromatic N) is 1. The minimum Gasteiger partial charge on any atom is -0.465 e. The molecule has 1 aromatic carbocycles. The van der Waals surface area contributed by atoms with E-state index in [1.165, 1.54) is 13.3 Å². The van der Waals surface area contributed by atoms with E-state index in [1.54, 1.807) is 24.3 Å². The first kappa shape index (κ1) is 12.0. The molecule has 4 heteroatoms. The summed E-state index contributed by atoms with van der Waals surface area (Å²) in [6.07, 6.45) is 2.26. The van der Waals surface area contributed by atoms with Crippen molar-refractivity contribution in [1.82, 2.24) is 4.98 Å². The summed E-state index contributed by atoms with van der Waals surface area (Å²) in [6.45, 7) is 0. The fourth-order valence-electron chi connectivity index (χ4n) is 1.54. The van der Waals surface area contributed by atoms with Gasteiger partial charge in [0.2, 0.25) is 0 Å². The number of benzene rings is 1. The van der Waals surface area contributed by atoms with Crippen molar-refractivity contribution < 1.29 is 14.3 Å². The highest BCUT2D eigenvalue weighted by atomic mass is 16.5. The Labute approximate surface area is 104 Å². The van der Waals surface area contributed by atoms with Crippen molar-refractivity contribution in [3.05, 3.63) is 53.7 Å². The molecule has 0 saturated carbocycles. The normalized spacial score (nSPS) is 9.83. The van der Waals surface area contributed by atoms with Crippen LogP contribution in [0.4, 0.5) is 0 Å². The molecule has 0 amide bonds. The second-order valence-electron chi connectivity index (χ2n) is 3.66. The van der Waals surface area contributed by atoms with Gasteiger partial charge in [-0.2, -0.15) is 0 Å². The SMILES string of the molecule is COC(=O)c1ccc(-c2ccc(C=O)cc2)nc1. The van der Waals surface area contributed by atoms with Gasteiger partial charge in [0.25, 0.3) is 0 Å². The van der Waals surface area contributed by atoms with Crippen LogP contribution in [0.25, 0.3) is 11.3 Å². The quantitative estimate of drug-likeness (QED) is 0.611. The highest BCUT2D eigenvalue weighted by molar-refractivity contribution is 5.89. The third-order valence-corrected chi connectivity index (χ3v) is 2.53. The molecular formula is C14H11NO3. The molecule has 1 aromatic heterocycles. The van der Waals surface area contributed by atoms with Crippen molar-refractivity contribution in [2.75, 3.05) is 7.11 Å². The van der Waals surface area contributed by atoms with Gasteiger partial charge in [-0.15, -0.1) is 0 Å². The molecule has 18 heavy (non-hydrogen) atoms. The van der Waals surface area contributed by atoms with Gasteiger partial charge in [0, 0.05) is 17.3 Å². The number of aromatic nitrogens is 1. The number of carbonyl (C=O) groups excluding carboxylic acids is 2. The molecule has 0 bridgehead atoms. The van der Waals surface area contributed by atoms with Gasteiger partial charge in [0.1, 0.15) is 6.29 Å². The Bertz CT molecular complexity index is 559. The van der Waals surface area contributed by atoms with Crippen molar-refractivity contribution in [1.29, 1.82) is 0 Å². The number of rotatable bonds is 3. The third kappa shape index (κ3) is 2.43. The molecule has 2 aromatic rings. The maximum absolute atomic E-state index is 11.2. The molecule has 0 atom stereocenters. The third-order valence-electron chi connectivity index (χ3n) is 2.53. The Morgan fingerprint density at radius 1 is 1.17 bits per heavy atom. The monoisotopic (exact) mass is 241 g/mol. The fourth-order valence-corrected chi connectivity index (χ4v) is 1.54. The number of hydrogen-bond donors (Lipinski definition) is 0. The zero-order valence-electron chi connectivity index (χ0n) is 9.79. The standard InChI is InChI=1S/C14H11NO3/c1-18-14(17)12-6-7-13(15-8-12)11-4-2-10(9-16)3-5-11/h2-9H,1H3. The van der Waals surface area contributed by atoms with E-state index in [9.17, 15) is 9.59 Å². The summed E-state index contributed by atoms with van der Waals surface area (Å²) in [5.41, 5.74) is 2.65. The van der Waals surface area contributed by atoms with Gasteiger partial charge in [-0.3, -0.25) is 9.78 Å². The predicted octanol–water partition coefficient (Wildman–Crippen LogP) is 2.35. The minimum absolute atomic E-state index is 0.408. The molecule has 0 spiro atoms. The average molecular weight is 241 g/mol. The summed E-state index contributed by atoms with van der Waals surface area (Å²) >= 11 is 0. The van der Waals surface area contributed by atoms with Gasteiger partial charge in [0.05, 0.1) is 18.4 Å². The first-order valence-electron chi connectivity index (χ1n) is 5.34. The maximum atomic E-state index is 11.2. The lowest BCUT2D eigenvalue weighted by atomic mass is 10.1. The minimum atomic E-state index is -0.412. The Balaban J connectivity index is 2.28.